The molecule has 4 aromatic rings. The molecular formula is C24H28N8O2. The van der Waals surface area contributed by atoms with Gasteiger partial charge in [0.1, 0.15) is 6.54 Å². The van der Waals surface area contributed by atoms with Crippen LogP contribution in [0.5, 0.6) is 0 Å². The lowest BCUT2D eigenvalue weighted by molar-refractivity contribution is -0.129. The summed E-state index contributed by atoms with van der Waals surface area (Å²) in [4.78, 5) is 26.3. The van der Waals surface area contributed by atoms with Crippen molar-refractivity contribution in [2.75, 3.05) is 19.8 Å². The molecule has 0 saturated heterocycles. The van der Waals surface area contributed by atoms with Gasteiger partial charge in [0.25, 0.3) is 5.89 Å². The number of hydrogen-bond acceptors (Lipinski definition) is 8. The van der Waals surface area contributed by atoms with Crippen LogP contribution >= 0.6 is 0 Å². The number of anilines is 1. The van der Waals surface area contributed by atoms with Crippen LogP contribution in [0, 0.1) is 5.92 Å². The Balaban J connectivity index is 1.61. The van der Waals surface area contributed by atoms with E-state index in [0.717, 1.165) is 16.7 Å². The van der Waals surface area contributed by atoms with E-state index in [4.69, 9.17) is 15.2 Å². The van der Waals surface area contributed by atoms with E-state index >= 15 is 0 Å². The maximum absolute atomic E-state index is 12.0. The zero-order valence-electron chi connectivity index (χ0n) is 19.9. The summed E-state index contributed by atoms with van der Waals surface area (Å²) in [7, 11) is 3.42. The van der Waals surface area contributed by atoms with E-state index in [1.807, 2.05) is 12.1 Å². The van der Waals surface area contributed by atoms with Crippen LogP contribution in [-0.4, -0.2) is 54.8 Å². The maximum atomic E-state index is 12.0. The Labute approximate surface area is 197 Å². The minimum Gasteiger partial charge on any atom is -0.368 e. The summed E-state index contributed by atoms with van der Waals surface area (Å²) in [5.41, 5.74) is 8.70. The van der Waals surface area contributed by atoms with Gasteiger partial charge in [0.2, 0.25) is 11.9 Å². The molecule has 4 rings (SSSR count). The third-order valence-electron chi connectivity index (χ3n) is 6.21. The molecule has 176 valence electrons. The van der Waals surface area contributed by atoms with E-state index in [0.29, 0.717) is 17.3 Å². The molecule has 0 saturated carbocycles. The number of carbonyl (C=O) groups is 1. The van der Waals surface area contributed by atoms with Crippen molar-refractivity contribution in [2.24, 2.45) is 5.92 Å². The van der Waals surface area contributed by atoms with Crippen molar-refractivity contribution in [3.8, 4) is 22.6 Å². The van der Waals surface area contributed by atoms with Gasteiger partial charge in [0.05, 0.1) is 17.2 Å². The molecule has 0 aliphatic heterocycles. The summed E-state index contributed by atoms with van der Waals surface area (Å²) < 4.78 is 7.16. The largest absolute Gasteiger partial charge is 0.368 e. The van der Waals surface area contributed by atoms with Crippen molar-refractivity contribution in [1.29, 1.82) is 0 Å². The van der Waals surface area contributed by atoms with Gasteiger partial charge in [-0.25, -0.2) is 9.97 Å². The van der Waals surface area contributed by atoms with Gasteiger partial charge in [0.15, 0.2) is 5.82 Å². The molecule has 0 radical (unpaired) electrons. The van der Waals surface area contributed by atoms with E-state index in [2.05, 4.69) is 53.1 Å². The molecule has 3 aromatic heterocycles. The minimum atomic E-state index is -0.491. The molecule has 1 atom stereocenters. The summed E-state index contributed by atoms with van der Waals surface area (Å²) in [5.74, 6) is 1.32. The summed E-state index contributed by atoms with van der Waals surface area (Å²) in [6, 6.07) is 8.18. The highest BCUT2D eigenvalue weighted by atomic mass is 16.5. The van der Waals surface area contributed by atoms with Crippen LogP contribution < -0.4 is 5.73 Å². The highest BCUT2D eigenvalue weighted by Gasteiger charge is 2.37. The van der Waals surface area contributed by atoms with Gasteiger partial charge >= 0.3 is 0 Å². The number of benzene rings is 1. The van der Waals surface area contributed by atoms with Gasteiger partial charge in [-0.15, -0.1) is 0 Å². The topological polar surface area (TPSA) is 129 Å². The fraction of sp³-hybridized carbons (Fsp3) is 0.333. The molecule has 1 unspecified atom stereocenters. The number of rotatable bonds is 7. The monoisotopic (exact) mass is 460 g/mol. The van der Waals surface area contributed by atoms with Crippen LogP contribution in [0.15, 0.2) is 53.6 Å². The van der Waals surface area contributed by atoms with E-state index in [-0.39, 0.29) is 24.3 Å². The van der Waals surface area contributed by atoms with E-state index in [9.17, 15) is 4.79 Å². The van der Waals surface area contributed by atoms with Crippen molar-refractivity contribution < 1.29 is 9.32 Å². The predicted molar refractivity (Wildman–Crippen MR) is 127 cm³/mol. The Hall–Kier alpha value is -4.08. The number of likely N-dealkylation sites (N-methyl/N-ethyl adjacent to an activating group) is 1. The first-order chi connectivity index (χ1) is 16.2. The van der Waals surface area contributed by atoms with Gasteiger partial charge in [0, 0.05) is 38.2 Å². The van der Waals surface area contributed by atoms with E-state index < -0.39 is 5.41 Å². The highest BCUT2D eigenvalue weighted by molar-refractivity contribution is 5.75. The number of amides is 1. The van der Waals surface area contributed by atoms with Crippen molar-refractivity contribution in [3.63, 3.8) is 0 Å². The predicted octanol–water partition coefficient (Wildman–Crippen LogP) is 3.02. The normalized spacial score (nSPS) is 13.1. The number of aromatic nitrogens is 6. The first-order valence-electron chi connectivity index (χ1n) is 10.9. The Morgan fingerprint density at radius 3 is 2.38 bits per heavy atom. The van der Waals surface area contributed by atoms with E-state index in [1.165, 1.54) is 4.90 Å². The lowest BCUT2D eigenvalue weighted by Crippen LogP contribution is -2.31. The first kappa shape index (κ1) is 23.1. The van der Waals surface area contributed by atoms with Crippen molar-refractivity contribution >= 4 is 11.9 Å². The Kier molecular flexibility index (Phi) is 6.14. The molecule has 0 aliphatic rings. The fourth-order valence-electron chi connectivity index (χ4n) is 3.61. The average molecular weight is 461 g/mol. The first-order valence-corrected chi connectivity index (χ1v) is 10.9. The SMILES string of the molecule is CC(C)C(C)(c1ccc(-c2cnc(N)nc2)cc1)c1noc(-c2cnn(CC(=O)N(C)C)c2)n1. The molecule has 1 amide bonds. The van der Waals surface area contributed by atoms with Gasteiger partial charge < -0.3 is 15.2 Å². The molecule has 0 bridgehead atoms. The zero-order valence-corrected chi connectivity index (χ0v) is 19.9. The second-order valence-corrected chi connectivity index (χ2v) is 8.90. The van der Waals surface area contributed by atoms with E-state index in [1.54, 1.807) is 43.6 Å². The summed E-state index contributed by atoms with van der Waals surface area (Å²) in [5, 5.41) is 8.57. The van der Waals surface area contributed by atoms with Crippen LogP contribution in [0.4, 0.5) is 5.95 Å². The molecule has 34 heavy (non-hydrogen) atoms. The molecule has 10 nitrogen and oxygen atoms in total. The van der Waals surface area contributed by atoms with Crippen LogP contribution in [0.3, 0.4) is 0 Å². The maximum Gasteiger partial charge on any atom is 0.261 e. The van der Waals surface area contributed by atoms with Crippen LogP contribution in [0.2, 0.25) is 0 Å². The van der Waals surface area contributed by atoms with Crippen LogP contribution in [0.25, 0.3) is 22.6 Å². The standard InChI is InChI=1S/C24H28N8O2/c1-15(2)24(3,19-8-6-16(7-9-19)17-10-26-23(25)27-11-17)22-29-21(34-30-22)18-12-28-32(13-18)14-20(33)31(4)5/h6-13,15H,14H2,1-5H3,(H2,25,26,27). The lowest BCUT2D eigenvalue weighted by Gasteiger charge is -2.31. The number of nitrogens with two attached hydrogens (primary N) is 1. The number of nitrogens with zero attached hydrogens (tertiary/aromatic N) is 7. The number of hydrogen-bond donors (Lipinski definition) is 1. The molecule has 3 heterocycles. The van der Waals surface area contributed by atoms with Crippen LogP contribution in [-0.2, 0) is 16.8 Å². The van der Waals surface area contributed by atoms with Gasteiger partial charge in [-0.05, 0) is 24.0 Å². The van der Waals surface area contributed by atoms with Gasteiger partial charge in [-0.2, -0.15) is 10.1 Å². The Morgan fingerprint density at radius 2 is 1.76 bits per heavy atom. The van der Waals surface area contributed by atoms with Crippen molar-refractivity contribution in [1.82, 2.24) is 34.8 Å². The van der Waals surface area contributed by atoms with Crippen molar-refractivity contribution in [3.05, 3.63) is 60.4 Å². The van der Waals surface area contributed by atoms with Crippen molar-refractivity contribution in [2.45, 2.75) is 32.7 Å². The van der Waals surface area contributed by atoms with Gasteiger partial charge in [-0.3, -0.25) is 9.48 Å². The third-order valence-corrected chi connectivity index (χ3v) is 6.21. The summed E-state index contributed by atoms with van der Waals surface area (Å²) in [6.45, 7) is 6.50. The van der Waals surface area contributed by atoms with Gasteiger partial charge in [-0.1, -0.05) is 43.3 Å². The third kappa shape index (κ3) is 4.39. The molecule has 1 aromatic carbocycles. The molecule has 2 N–H and O–H groups in total. The Morgan fingerprint density at radius 1 is 1.09 bits per heavy atom. The van der Waals surface area contributed by atoms with Crippen LogP contribution in [0.1, 0.15) is 32.2 Å². The second-order valence-electron chi connectivity index (χ2n) is 8.90. The lowest BCUT2D eigenvalue weighted by atomic mass is 9.72. The summed E-state index contributed by atoms with van der Waals surface area (Å²) in [6.07, 6.45) is 6.76. The average Bonchev–Trinajstić information content (AvgIpc) is 3.49. The quantitative estimate of drug-likeness (QED) is 0.446. The zero-order chi connectivity index (χ0) is 24.5. The molecule has 10 heteroatoms. The number of nitrogen functional groups attached to an aromatic ring is 1. The highest BCUT2D eigenvalue weighted by Crippen LogP contribution is 2.38. The minimum absolute atomic E-state index is 0.0535. The number of carbonyl (C=O) groups excluding carboxylic acids is 1. The fourth-order valence-corrected chi connectivity index (χ4v) is 3.61. The molecule has 0 spiro atoms. The smallest absolute Gasteiger partial charge is 0.261 e. The molecule has 0 fully saturated rings. The Bertz CT molecular complexity index is 1280. The summed E-state index contributed by atoms with van der Waals surface area (Å²) >= 11 is 0. The molecule has 0 aliphatic carbocycles. The second kappa shape index (κ2) is 9.05. The molecular weight excluding hydrogens is 432 g/mol.